The van der Waals surface area contributed by atoms with E-state index in [0.29, 0.717) is 11.3 Å². The van der Waals surface area contributed by atoms with Crippen LogP contribution in [0.5, 0.6) is 0 Å². The molecule has 0 unspecified atom stereocenters. The fraction of sp³-hybridized carbons (Fsp3) is 0.200. The highest BCUT2D eigenvalue weighted by Crippen LogP contribution is 2.36. The second kappa shape index (κ2) is 6.49. The van der Waals surface area contributed by atoms with E-state index in [-0.39, 0.29) is 6.54 Å². The number of benzene rings is 2. The Morgan fingerprint density at radius 1 is 0.929 bits per heavy atom. The van der Waals surface area contributed by atoms with Crippen molar-refractivity contribution in [2.75, 3.05) is 30.5 Å². The van der Waals surface area contributed by atoms with E-state index < -0.39 is 23.3 Å². The molecule has 0 radical (unpaired) electrons. The van der Waals surface area contributed by atoms with Crippen LogP contribution in [-0.2, 0) is 9.59 Å². The zero-order valence-electron chi connectivity index (χ0n) is 15.5. The van der Waals surface area contributed by atoms with Crippen LogP contribution < -0.4 is 20.5 Å². The Morgan fingerprint density at radius 3 is 2.11 bits per heavy atom. The number of carbonyl (C=O) groups is 3. The van der Waals surface area contributed by atoms with Crippen LogP contribution in [0.15, 0.2) is 59.7 Å². The Morgan fingerprint density at radius 2 is 1.54 bits per heavy atom. The predicted molar refractivity (Wildman–Crippen MR) is 105 cm³/mol. The molecule has 2 aliphatic heterocycles. The van der Waals surface area contributed by atoms with Crippen LogP contribution in [0.2, 0.25) is 0 Å². The Hall–Kier alpha value is -3.68. The van der Waals surface area contributed by atoms with Gasteiger partial charge in [-0.25, -0.2) is 4.79 Å². The number of amides is 4. The molecule has 0 saturated carbocycles. The molecule has 1 fully saturated rings. The monoisotopic (exact) mass is 377 g/mol. The molecule has 2 N–H and O–H groups in total. The van der Waals surface area contributed by atoms with Gasteiger partial charge in [0.2, 0.25) is 0 Å². The molecule has 0 bridgehead atoms. The van der Waals surface area contributed by atoms with Gasteiger partial charge in [0, 0.05) is 19.8 Å². The SMILES string of the molecule is CN(C)c1ccc(C2=NN(c3ccccc3)CC23C(=O)NC(=O)NC3=O)cc1. The van der Waals surface area contributed by atoms with Crippen molar-refractivity contribution >= 4 is 34.9 Å². The summed E-state index contributed by atoms with van der Waals surface area (Å²) < 4.78 is 0. The highest BCUT2D eigenvalue weighted by molar-refractivity contribution is 6.36. The van der Waals surface area contributed by atoms with Crippen LogP contribution >= 0.6 is 0 Å². The molecule has 0 aliphatic carbocycles. The number of para-hydroxylation sites is 1. The number of barbiturate groups is 1. The van der Waals surface area contributed by atoms with Crippen molar-refractivity contribution in [1.29, 1.82) is 0 Å². The van der Waals surface area contributed by atoms with Gasteiger partial charge in [-0.1, -0.05) is 30.3 Å². The Kier molecular flexibility index (Phi) is 4.11. The fourth-order valence-corrected chi connectivity index (χ4v) is 3.42. The van der Waals surface area contributed by atoms with Crippen LogP contribution in [0.25, 0.3) is 0 Å². The Bertz CT molecular complexity index is 963. The minimum absolute atomic E-state index is 0.00667. The number of hydrogen-bond acceptors (Lipinski definition) is 6. The zero-order chi connectivity index (χ0) is 19.9. The van der Waals surface area contributed by atoms with Gasteiger partial charge in [-0.15, -0.1) is 0 Å². The summed E-state index contributed by atoms with van der Waals surface area (Å²) in [6.07, 6.45) is 0. The molecule has 0 atom stereocenters. The molecule has 8 heteroatoms. The summed E-state index contributed by atoms with van der Waals surface area (Å²) in [5.74, 6) is -1.34. The van der Waals surface area contributed by atoms with Gasteiger partial charge in [0.1, 0.15) is 0 Å². The van der Waals surface area contributed by atoms with E-state index in [1.807, 2.05) is 73.6 Å². The summed E-state index contributed by atoms with van der Waals surface area (Å²) in [6, 6.07) is 15.9. The lowest BCUT2D eigenvalue weighted by molar-refractivity contribution is -0.138. The van der Waals surface area contributed by atoms with Crippen molar-refractivity contribution < 1.29 is 14.4 Å². The lowest BCUT2D eigenvalue weighted by Gasteiger charge is -2.31. The van der Waals surface area contributed by atoms with Crippen molar-refractivity contribution in [1.82, 2.24) is 10.6 Å². The van der Waals surface area contributed by atoms with Crippen molar-refractivity contribution in [3.05, 3.63) is 60.2 Å². The summed E-state index contributed by atoms with van der Waals surface area (Å²) >= 11 is 0. The smallest absolute Gasteiger partial charge is 0.328 e. The molecule has 2 heterocycles. The summed E-state index contributed by atoms with van der Waals surface area (Å²) in [5.41, 5.74) is 1.07. The predicted octanol–water partition coefficient (Wildman–Crippen LogP) is 1.33. The molecular formula is C20H19N5O3. The summed E-state index contributed by atoms with van der Waals surface area (Å²) in [7, 11) is 3.85. The van der Waals surface area contributed by atoms with E-state index in [9.17, 15) is 14.4 Å². The van der Waals surface area contributed by atoms with Gasteiger partial charge in [0.25, 0.3) is 11.8 Å². The molecule has 2 aromatic carbocycles. The first-order valence-electron chi connectivity index (χ1n) is 8.78. The van der Waals surface area contributed by atoms with Crippen molar-refractivity contribution in [2.45, 2.75) is 0 Å². The van der Waals surface area contributed by atoms with Crippen LogP contribution in [-0.4, -0.2) is 44.2 Å². The maximum absolute atomic E-state index is 12.9. The van der Waals surface area contributed by atoms with Crippen LogP contribution in [0, 0.1) is 5.41 Å². The largest absolute Gasteiger partial charge is 0.378 e. The number of imide groups is 2. The molecule has 142 valence electrons. The van der Waals surface area contributed by atoms with Gasteiger partial charge in [-0.2, -0.15) is 5.10 Å². The second-order valence-electron chi connectivity index (χ2n) is 6.93. The lowest BCUT2D eigenvalue weighted by atomic mass is 9.77. The summed E-state index contributed by atoms with van der Waals surface area (Å²) in [4.78, 5) is 39.3. The first-order chi connectivity index (χ1) is 13.4. The average Bonchev–Trinajstić information content (AvgIpc) is 3.09. The third kappa shape index (κ3) is 2.70. The van der Waals surface area contributed by atoms with E-state index >= 15 is 0 Å². The Balaban J connectivity index is 1.83. The number of hydrogen-bond donors (Lipinski definition) is 2. The maximum atomic E-state index is 12.9. The minimum Gasteiger partial charge on any atom is -0.378 e. The molecule has 1 spiro atoms. The van der Waals surface area contributed by atoms with Crippen LogP contribution in [0.1, 0.15) is 5.56 Å². The molecule has 4 amide bonds. The number of nitrogens with zero attached hydrogens (tertiary/aromatic N) is 3. The molecular weight excluding hydrogens is 358 g/mol. The van der Waals surface area contributed by atoms with Gasteiger partial charge in [-0.3, -0.25) is 25.2 Å². The molecule has 4 rings (SSSR count). The lowest BCUT2D eigenvalue weighted by Crippen LogP contribution is -2.66. The fourth-order valence-electron chi connectivity index (χ4n) is 3.42. The summed E-state index contributed by atoms with van der Waals surface area (Å²) in [6.45, 7) is 0.00667. The van der Waals surface area contributed by atoms with Crippen LogP contribution in [0.3, 0.4) is 0 Å². The van der Waals surface area contributed by atoms with Gasteiger partial charge in [0.05, 0.1) is 17.9 Å². The van der Waals surface area contributed by atoms with Gasteiger partial charge in [-0.05, 0) is 29.8 Å². The second-order valence-corrected chi connectivity index (χ2v) is 6.93. The van der Waals surface area contributed by atoms with Gasteiger partial charge < -0.3 is 4.90 Å². The number of urea groups is 1. The standard InChI is InChI=1S/C20H19N5O3/c1-24(2)14-10-8-13(9-11-14)16-20(17(26)21-19(28)22-18(20)27)12-25(23-16)15-6-4-3-5-7-15/h3-11H,12H2,1-2H3,(H2,21,22,26,27,28). The number of anilines is 2. The van der Waals surface area contributed by atoms with Gasteiger partial charge >= 0.3 is 6.03 Å². The topological polar surface area (TPSA) is 94.1 Å². The number of carbonyl (C=O) groups excluding carboxylic acids is 3. The third-order valence-electron chi connectivity index (χ3n) is 4.95. The highest BCUT2D eigenvalue weighted by Gasteiger charge is 2.59. The molecule has 28 heavy (non-hydrogen) atoms. The molecule has 2 aliphatic rings. The third-order valence-corrected chi connectivity index (χ3v) is 4.95. The van der Waals surface area contributed by atoms with Crippen molar-refractivity contribution in [2.24, 2.45) is 10.5 Å². The summed E-state index contributed by atoms with van der Waals surface area (Å²) in [5, 5.41) is 10.7. The Labute approximate surface area is 161 Å². The first kappa shape index (κ1) is 17.7. The molecule has 0 aromatic heterocycles. The quantitative estimate of drug-likeness (QED) is 0.787. The minimum atomic E-state index is -1.61. The van der Waals surface area contributed by atoms with Crippen LogP contribution in [0.4, 0.5) is 16.2 Å². The van der Waals surface area contributed by atoms with E-state index in [1.54, 1.807) is 5.01 Å². The molecule has 2 aromatic rings. The zero-order valence-corrected chi connectivity index (χ0v) is 15.5. The number of hydrazone groups is 1. The average molecular weight is 377 g/mol. The molecule has 8 nitrogen and oxygen atoms in total. The highest BCUT2D eigenvalue weighted by atomic mass is 16.2. The number of rotatable bonds is 3. The normalized spacial score (nSPS) is 18.0. The van der Waals surface area contributed by atoms with Gasteiger partial charge in [0.15, 0.2) is 5.41 Å². The van der Waals surface area contributed by atoms with E-state index in [0.717, 1.165) is 11.4 Å². The van der Waals surface area contributed by atoms with Crippen molar-refractivity contribution in [3.8, 4) is 0 Å². The van der Waals surface area contributed by atoms with E-state index in [2.05, 4.69) is 15.7 Å². The first-order valence-corrected chi connectivity index (χ1v) is 8.78. The van der Waals surface area contributed by atoms with E-state index in [4.69, 9.17) is 0 Å². The molecule has 1 saturated heterocycles. The van der Waals surface area contributed by atoms with E-state index in [1.165, 1.54) is 0 Å². The number of nitrogens with one attached hydrogen (secondary N) is 2. The van der Waals surface area contributed by atoms with Crippen molar-refractivity contribution in [3.63, 3.8) is 0 Å². The maximum Gasteiger partial charge on any atom is 0.328 e.